The molecule has 0 amide bonds. The smallest absolute Gasteiger partial charge is 0.317 e. The summed E-state index contributed by atoms with van der Waals surface area (Å²) >= 11 is 3.38. The number of terminal acetylenes is 1. The highest BCUT2D eigenvalue weighted by molar-refractivity contribution is 9.10. The minimum absolute atomic E-state index is 0.0326. The Morgan fingerprint density at radius 2 is 2.11 bits per heavy atom. The van der Waals surface area contributed by atoms with Crippen LogP contribution in [0.25, 0.3) is 0 Å². The number of carbonyl (C=O) groups is 1. The lowest BCUT2D eigenvalue weighted by Crippen LogP contribution is -2.33. The summed E-state index contributed by atoms with van der Waals surface area (Å²) in [7, 11) is 0. The van der Waals surface area contributed by atoms with E-state index in [-0.39, 0.29) is 12.6 Å². The summed E-state index contributed by atoms with van der Waals surface area (Å²) in [6.45, 7) is 2.32. The number of hydrogen-bond donors (Lipinski definition) is 1. The number of nitrogens with zero attached hydrogens (tertiary/aromatic N) is 1. The van der Waals surface area contributed by atoms with E-state index < -0.39 is 5.97 Å². The number of carboxylic acids is 1. The third-order valence-electron chi connectivity index (χ3n) is 2.71. The number of halogens is 1. The summed E-state index contributed by atoms with van der Waals surface area (Å²) in [6, 6.07) is 7.91. The standard InChI is InChI=1S/C14H16BrNO2/c1-3-9-16(10-14(17)18)13(4-2)11-5-7-12(15)8-6-11/h1,5-8,13H,4,9-10H2,2H3,(H,17,18). The van der Waals surface area contributed by atoms with E-state index in [9.17, 15) is 4.79 Å². The number of rotatable bonds is 6. The van der Waals surface area contributed by atoms with Crippen LogP contribution in [0, 0.1) is 12.3 Å². The Labute approximate surface area is 116 Å². The number of hydrogen-bond acceptors (Lipinski definition) is 2. The molecule has 4 heteroatoms. The van der Waals surface area contributed by atoms with Gasteiger partial charge in [0.1, 0.15) is 0 Å². The van der Waals surface area contributed by atoms with Crippen LogP contribution in [0.1, 0.15) is 24.9 Å². The second-order valence-corrected chi connectivity index (χ2v) is 4.89. The molecule has 0 bridgehead atoms. The molecule has 0 saturated carbocycles. The number of benzene rings is 1. The maximum absolute atomic E-state index is 10.9. The summed E-state index contributed by atoms with van der Waals surface area (Å²) in [5.74, 6) is 1.66. The van der Waals surface area contributed by atoms with Gasteiger partial charge < -0.3 is 5.11 Å². The monoisotopic (exact) mass is 309 g/mol. The molecule has 96 valence electrons. The summed E-state index contributed by atoms with van der Waals surface area (Å²) in [5.41, 5.74) is 1.08. The van der Waals surface area contributed by atoms with Crippen molar-refractivity contribution in [2.75, 3.05) is 13.1 Å². The predicted octanol–water partition coefficient (Wildman–Crippen LogP) is 2.92. The van der Waals surface area contributed by atoms with Crippen molar-refractivity contribution in [2.24, 2.45) is 0 Å². The van der Waals surface area contributed by atoms with E-state index >= 15 is 0 Å². The molecule has 1 unspecified atom stereocenters. The van der Waals surface area contributed by atoms with Crippen LogP contribution in [0.15, 0.2) is 28.7 Å². The SMILES string of the molecule is C#CCN(CC(=O)O)C(CC)c1ccc(Br)cc1. The van der Waals surface area contributed by atoms with Crippen LogP contribution < -0.4 is 0 Å². The van der Waals surface area contributed by atoms with E-state index in [2.05, 4.69) is 21.9 Å². The first kappa shape index (κ1) is 14.7. The average molecular weight is 310 g/mol. The molecule has 0 aliphatic rings. The zero-order valence-corrected chi connectivity index (χ0v) is 11.9. The normalized spacial score (nSPS) is 12.1. The molecule has 3 nitrogen and oxygen atoms in total. The summed E-state index contributed by atoms with van der Waals surface area (Å²) in [4.78, 5) is 12.7. The summed E-state index contributed by atoms with van der Waals surface area (Å²) in [5, 5.41) is 8.93. The molecular weight excluding hydrogens is 294 g/mol. The van der Waals surface area contributed by atoms with Gasteiger partial charge in [0.2, 0.25) is 0 Å². The van der Waals surface area contributed by atoms with E-state index in [1.807, 2.05) is 31.2 Å². The minimum Gasteiger partial charge on any atom is -0.480 e. The first-order chi connectivity index (χ1) is 8.58. The highest BCUT2D eigenvalue weighted by Gasteiger charge is 2.20. The van der Waals surface area contributed by atoms with Crippen molar-refractivity contribution in [1.82, 2.24) is 4.90 Å². The summed E-state index contributed by atoms with van der Waals surface area (Å²) < 4.78 is 1.00. The van der Waals surface area contributed by atoms with Gasteiger partial charge in [-0.1, -0.05) is 40.9 Å². The lowest BCUT2D eigenvalue weighted by Gasteiger charge is -2.28. The fourth-order valence-corrected chi connectivity index (χ4v) is 2.22. The van der Waals surface area contributed by atoms with Gasteiger partial charge in [0, 0.05) is 10.5 Å². The molecule has 1 rings (SSSR count). The van der Waals surface area contributed by atoms with Crippen molar-refractivity contribution < 1.29 is 9.90 Å². The minimum atomic E-state index is -0.860. The molecule has 0 fully saturated rings. The van der Waals surface area contributed by atoms with Crippen molar-refractivity contribution in [2.45, 2.75) is 19.4 Å². The van der Waals surface area contributed by atoms with Crippen molar-refractivity contribution >= 4 is 21.9 Å². The van der Waals surface area contributed by atoms with Crippen LogP contribution in [0.4, 0.5) is 0 Å². The Balaban J connectivity index is 2.94. The van der Waals surface area contributed by atoms with Gasteiger partial charge in [-0.3, -0.25) is 9.69 Å². The number of carboxylic acid groups (broad SMARTS) is 1. The Morgan fingerprint density at radius 3 is 2.56 bits per heavy atom. The van der Waals surface area contributed by atoms with E-state index in [1.165, 1.54) is 0 Å². The molecule has 0 aliphatic heterocycles. The van der Waals surface area contributed by atoms with E-state index in [1.54, 1.807) is 4.90 Å². The lowest BCUT2D eigenvalue weighted by atomic mass is 10.0. The van der Waals surface area contributed by atoms with Gasteiger partial charge in [-0.2, -0.15) is 0 Å². The lowest BCUT2D eigenvalue weighted by molar-refractivity contribution is -0.138. The predicted molar refractivity (Wildman–Crippen MR) is 75.2 cm³/mol. The van der Waals surface area contributed by atoms with E-state index in [0.717, 1.165) is 16.5 Å². The Bertz CT molecular complexity index is 436. The molecule has 18 heavy (non-hydrogen) atoms. The van der Waals surface area contributed by atoms with Crippen LogP contribution in [-0.4, -0.2) is 29.1 Å². The first-order valence-electron chi connectivity index (χ1n) is 5.73. The third-order valence-corrected chi connectivity index (χ3v) is 3.24. The molecular formula is C14H16BrNO2. The third kappa shape index (κ3) is 4.17. The quantitative estimate of drug-likeness (QED) is 0.821. The van der Waals surface area contributed by atoms with Crippen molar-refractivity contribution in [3.05, 3.63) is 34.3 Å². The van der Waals surface area contributed by atoms with Crippen LogP contribution in [0.5, 0.6) is 0 Å². The summed E-state index contributed by atoms with van der Waals surface area (Å²) in [6.07, 6.45) is 6.12. The highest BCUT2D eigenvalue weighted by atomic mass is 79.9. The zero-order valence-electron chi connectivity index (χ0n) is 10.3. The maximum atomic E-state index is 10.9. The van der Waals surface area contributed by atoms with E-state index in [4.69, 9.17) is 11.5 Å². The van der Waals surface area contributed by atoms with Crippen LogP contribution in [0.3, 0.4) is 0 Å². The Morgan fingerprint density at radius 1 is 1.50 bits per heavy atom. The fraction of sp³-hybridized carbons (Fsp3) is 0.357. The molecule has 0 aliphatic carbocycles. The first-order valence-corrected chi connectivity index (χ1v) is 6.52. The van der Waals surface area contributed by atoms with E-state index in [0.29, 0.717) is 6.54 Å². The van der Waals surface area contributed by atoms with Gasteiger partial charge in [-0.25, -0.2) is 0 Å². The Kier molecular flexibility index (Phi) is 5.90. The molecule has 1 aromatic rings. The van der Waals surface area contributed by atoms with Gasteiger partial charge in [0.15, 0.2) is 0 Å². The molecule has 0 saturated heterocycles. The van der Waals surface area contributed by atoms with Crippen molar-refractivity contribution in [3.63, 3.8) is 0 Å². The van der Waals surface area contributed by atoms with Crippen LogP contribution >= 0.6 is 15.9 Å². The topological polar surface area (TPSA) is 40.5 Å². The van der Waals surface area contributed by atoms with Gasteiger partial charge in [-0.15, -0.1) is 6.42 Å². The molecule has 0 aromatic heterocycles. The average Bonchev–Trinajstić information content (AvgIpc) is 2.32. The Hall–Kier alpha value is -1.31. The molecule has 1 N–H and O–H groups in total. The second kappa shape index (κ2) is 7.20. The zero-order chi connectivity index (χ0) is 13.5. The largest absolute Gasteiger partial charge is 0.480 e. The number of aliphatic carboxylic acids is 1. The van der Waals surface area contributed by atoms with Crippen LogP contribution in [0.2, 0.25) is 0 Å². The molecule has 1 aromatic carbocycles. The van der Waals surface area contributed by atoms with Crippen molar-refractivity contribution in [1.29, 1.82) is 0 Å². The van der Waals surface area contributed by atoms with Crippen molar-refractivity contribution in [3.8, 4) is 12.3 Å². The van der Waals surface area contributed by atoms with Gasteiger partial charge in [0.05, 0.1) is 13.1 Å². The molecule has 0 heterocycles. The van der Waals surface area contributed by atoms with Gasteiger partial charge in [-0.05, 0) is 24.1 Å². The van der Waals surface area contributed by atoms with Crippen LogP contribution in [-0.2, 0) is 4.79 Å². The van der Waals surface area contributed by atoms with Gasteiger partial charge >= 0.3 is 5.97 Å². The maximum Gasteiger partial charge on any atom is 0.317 e. The fourth-order valence-electron chi connectivity index (χ4n) is 1.96. The molecule has 0 spiro atoms. The molecule has 1 atom stereocenters. The van der Waals surface area contributed by atoms with Gasteiger partial charge in [0.25, 0.3) is 0 Å². The molecule has 0 radical (unpaired) electrons. The highest BCUT2D eigenvalue weighted by Crippen LogP contribution is 2.25. The second-order valence-electron chi connectivity index (χ2n) is 3.98.